The van der Waals surface area contributed by atoms with E-state index in [-0.39, 0.29) is 18.1 Å². The standard InChI is InChI=1S/C17H13F2NO/c1-11(21)14-10-20(9-12-5-2-3-7-15(12)18)17-13(14)6-4-8-16(17)19/h2-8,10H,9H2,1H3. The van der Waals surface area contributed by atoms with Crippen LogP contribution in [-0.4, -0.2) is 10.4 Å². The highest BCUT2D eigenvalue weighted by atomic mass is 19.1. The summed E-state index contributed by atoms with van der Waals surface area (Å²) in [6, 6.07) is 11.0. The average Bonchev–Trinajstić information content (AvgIpc) is 2.82. The summed E-state index contributed by atoms with van der Waals surface area (Å²) in [6.07, 6.45) is 1.59. The molecule has 0 aliphatic carbocycles. The molecule has 0 radical (unpaired) electrons. The first-order chi connectivity index (χ1) is 10.1. The number of ketones is 1. The Hall–Kier alpha value is -2.49. The predicted octanol–water partition coefficient (Wildman–Crippen LogP) is 4.17. The maximum atomic E-state index is 14.1. The van der Waals surface area contributed by atoms with E-state index in [1.165, 1.54) is 19.1 Å². The lowest BCUT2D eigenvalue weighted by Crippen LogP contribution is -2.01. The van der Waals surface area contributed by atoms with E-state index in [1.54, 1.807) is 41.1 Å². The highest BCUT2D eigenvalue weighted by molar-refractivity contribution is 6.07. The molecule has 21 heavy (non-hydrogen) atoms. The molecule has 0 saturated heterocycles. The van der Waals surface area contributed by atoms with Gasteiger partial charge in [-0.1, -0.05) is 30.3 Å². The molecular formula is C17H13F2NO. The summed E-state index contributed by atoms with van der Waals surface area (Å²) < 4.78 is 29.5. The third-order valence-corrected chi connectivity index (χ3v) is 3.53. The Bertz CT molecular complexity index is 836. The van der Waals surface area contributed by atoms with Crippen LogP contribution in [0.3, 0.4) is 0 Å². The van der Waals surface area contributed by atoms with Crippen molar-refractivity contribution >= 4 is 16.7 Å². The first-order valence-corrected chi connectivity index (χ1v) is 6.59. The minimum atomic E-state index is -0.420. The van der Waals surface area contributed by atoms with Crippen LogP contribution in [0.25, 0.3) is 10.9 Å². The normalized spacial score (nSPS) is 11.0. The number of para-hydroxylation sites is 1. The second-order valence-electron chi connectivity index (χ2n) is 4.95. The number of carbonyl (C=O) groups is 1. The number of fused-ring (bicyclic) bond motifs is 1. The molecule has 2 aromatic carbocycles. The van der Waals surface area contributed by atoms with Crippen LogP contribution >= 0.6 is 0 Å². The fourth-order valence-corrected chi connectivity index (χ4v) is 2.53. The van der Waals surface area contributed by atoms with Crippen LogP contribution in [0.5, 0.6) is 0 Å². The minimum Gasteiger partial charge on any atom is -0.340 e. The molecule has 0 saturated carbocycles. The molecule has 0 aliphatic rings. The first kappa shape index (κ1) is 13.5. The Kier molecular flexibility index (Phi) is 3.29. The Morgan fingerprint density at radius 1 is 1.05 bits per heavy atom. The second-order valence-corrected chi connectivity index (χ2v) is 4.95. The molecule has 3 aromatic rings. The Balaban J connectivity index is 2.19. The molecular weight excluding hydrogens is 272 g/mol. The van der Waals surface area contributed by atoms with E-state index < -0.39 is 5.82 Å². The van der Waals surface area contributed by atoms with Crippen molar-refractivity contribution in [3.05, 3.63) is 71.4 Å². The SMILES string of the molecule is CC(=O)c1cn(Cc2ccccc2F)c2c(F)cccc12. The number of hydrogen-bond acceptors (Lipinski definition) is 1. The molecule has 0 bridgehead atoms. The number of carbonyl (C=O) groups excluding carboxylic acids is 1. The largest absolute Gasteiger partial charge is 0.340 e. The number of halogens is 2. The van der Waals surface area contributed by atoms with Gasteiger partial charge in [-0.3, -0.25) is 4.79 Å². The van der Waals surface area contributed by atoms with Crippen molar-refractivity contribution in [2.75, 3.05) is 0 Å². The van der Waals surface area contributed by atoms with Crippen molar-refractivity contribution in [3.63, 3.8) is 0 Å². The summed E-state index contributed by atoms with van der Waals surface area (Å²) in [5, 5.41) is 0.554. The lowest BCUT2D eigenvalue weighted by Gasteiger charge is -2.07. The molecule has 0 amide bonds. The van der Waals surface area contributed by atoms with Crippen LogP contribution in [0.4, 0.5) is 8.78 Å². The molecule has 4 heteroatoms. The number of nitrogens with zero attached hydrogens (tertiary/aromatic N) is 1. The second kappa shape index (κ2) is 5.13. The van der Waals surface area contributed by atoms with E-state index in [2.05, 4.69) is 0 Å². The molecule has 0 aliphatic heterocycles. The zero-order chi connectivity index (χ0) is 15.0. The van der Waals surface area contributed by atoms with Crippen molar-refractivity contribution in [3.8, 4) is 0 Å². The van der Waals surface area contributed by atoms with Crippen LogP contribution in [0, 0.1) is 11.6 Å². The summed E-state index contributed by atoms with van der Waals surface area (Å²) in [5.41, 5.74) is 1.22. The van der Waals surface area contributed by atoms with Gasteiger partial charge >= 0.3 is 0 Å². The maximum Gasteiger partial charge on any atom is 0.161 e. The molecule has 3 rings (SSSR count). The average molecular weight is 285 g/mol. The molecule has 0 unspecified atom stereocenters. The van der Waals surface area contributed by atoms with Gasteiger partial charge in [0, 0.05) is 22.7 Å². The van der Waals surface area contributed by atoms with E-state index >= 15 is 0 Å². The molecule has 0 spiro atoms. The van der Waals surface area contributed by atoms with E-state index in [9.17, 15) is 13.6 Å². The zero-order valence-corrected chi connectivity index (χ0v) is 11.4. The Labute approximate surface area is 120 Å². The molecule has 1 aromatic heterocycles. The van der Waals surface area contributed by atoms with Gasteiger partial charge in [0.25, 0.3) is 0 Å². The smallest absolute Gasteiger partial charge is 0.161 e. The van der Waals surface area contributed by atoms with E-state index in [1.807, 2.05) is 0 Å². The van der Waals surface area contributed by atoms with Gasteiger partial charge in [0.15, 0.2) is 5.78 Å². The molecule has 1 heterocycles. The Morgan fingerprint density at radius 3 is 2.48 bits per heavy atom. The molecule has 2 nitrogen and oxygen atoms in total. The lowest BCUT2D eigenvalue weighted by atomic mass is 10.1. The zero-order valence-electron chi connectivity index (χ0n) is 11.4. The topological polar surface area (TPSA) is 22.0 Å². The third kappa shape index (κ3) is 2.33. The number of rotatable bonds is 3. The van der Waals surface area contributed by atoms with Crippen LogP contribution in [0.2, 0.25) is 0 Å². The summed E-state index contributed by atoms with van der Waals surface area (Å²) in [4.78, 5) is 11.7. The fraction of sp³-hybridized carbons (Fsp3) is 0.118. The van der Waals surface area contributed by atoms with Crippen molar-refractivity contribution in [1.82, 2.24) is 4.57 Å². The molecule has 106 valence electrons. The van der Waals surface area contributed by atoms with Crippen LogP contribution in [0.15, 0.2) is 48.7 Å². The van der Waals surface area contributed by atoms with Gasteiger partial charge in [0.2, 0.25) is 0 Å². The van der Waals surface area contributed by atoms with Gasteiger partial charge in [-0.15, -0.1) is 0 Å². The van der Waals surface area contributed by atoms with Gasteiger partial charge in [0.1, 0.15) is 11.6 Å². The Morgan fingerprint density at radius 2 is 1.76 bits per heavy atom. The fourth-order valence-electron chi connectivity index (χ4n) is 2.53. The van der Waals surface area contributed by atoms with Crippen LogP contribution in [-0.2, 0) is 6.54 Å². The highest BCUT2D eigenvalue weighted by Gasteiger charge is 2.15. The van der Waals surface area contributed by atoms with Gasteiger partial charge in [-0.25, -0.2) is 8.78 Å². The van der Waals surface area contributed by atoms with Crippen LogP contribution in [0.1, 0.15) is 22.8 Å². The molecule has 0 N–H and O–H groups in total. The van der Waals surface area contributed by atoms with E-state index in [4.69, 9.17) is 0 Å². The van der Waals surface area contributed by atoms with Crippen LogP contribution < -0.4 is 0 Å². The summed E-state index contributed by atoms with van der Waals surface area (Å²) in [7, 11) is 0. The first-order valence-electron chi connectivity index (χ1n) is 6.59. The van der Waals surface area contributed by atoms with Gasteiger partial charge < -0.3 is 4.57 Å². The van der Waals surface area contributed by atoms with Gasteiger partial charge in [-0.05, 0) is 19.1 Å². The minimum absolute atomic E-state index is 0.141. The molecule has 0 fully saturated rings. The lowest BCUT2D eigenvalue weighted by molar-refractivity contribution is 0.101. The number of Topliss-reactive ketones (excluding diaryl/α,β-unsaturated/α-hetero) is 1. The van der Waals surface area contributed by atoms with E-state index in [0.717, 1.165) is 0 Å². The quantitative estimate of drug-likeness (QED) is 0.662. The highest BCUT2D eigenvalue weighted by Crippen LogP contribution is 2.25. The predicted molar refractivity (Wildman–Crippen MR) is 77.4 cm³/mol. The number of hydrogen-bond donors (Lipinski definition) is 0. The summed E-state index contributed by atoms with van der Waals surface area (Å²) in [5.74, 6) is -0.908. The molecule has 0 atom stereocenters. The van der Waals surface area contributed by atoms with Gasteiger partial charge in [-0.2, -0.15) is 0 Å². The van der Waals surface area contributed by atoms with Crippen molar-refractivity contribution in [2.45, 2.75) is 13.5 Å². The summed E-state index contributed by atoms with van der Waals surface area (Å²) >= 11 is 0. The number of benzene rings is 2. The van der Waals surface area contributed by atoms with Crippen molar-refractivity contribution in [2.24, 2.45) is 0 Å². The monoisotopic (exact) mass is 285 g/mol. The number of aromatic nitrogens is 1. The van der Waals surface area contributed by atoms with Crippen molar-refractivity contribution in [1.29, 1.82) is 0 Å². The van der Waals surface area contributed by atoms with E-state index in [0.29, 0.717) is 22.0 Å². The van der Waals surface area contributed by atoms with Gasteiger partial charge in [0.05, 0.1) is 12.1 Å². The third-order valence-electron chi connectivity index (χ3n) is 3.53. The van der Waals surface area contributed by atoms with Crippen molar-refractivity contribution < 1.29 is 13.6 Å². The maximum absolute atomic E-state index is 14.1. The summed E-state index contributed by atoms with van der Waals surface area (Å²) in [6.45, 7) is 1.62.